The van der Waals surface area contributed by atoms with Crippen molar-refractivity contribution in [3.63, 3.8) is 0 Å². The predicted molar refractivity (Wildman–Crippen MR) is 137 cm³/mol. The Hall–Kier alpha value is -2.94. The summed E-state index contributed by atoms with van der Waals surface area (Å²) in [5.41, 5.74) is 0.228. The molecule has 2 aromatic heterocycles. The van der Waals surface area contributed by atoms with Gasteiger partial charge < -0.3 is 4.90 Å². The Balaban J connectivity index is 1.49. The van der Waals surface area contributed by atoms with Crippen molar-refractivity contribution in [3.8, 4) is 11.3 Å². The van der Waals surface area contributed by atoms with Crippen LogP contribution in [-0.4, -0.2) is 31.5 Å². The average molecular weight is 530 g/mol. The summed E-state index contributed by atoms with van der Waals surface area (Å²) in [4.78, 5) is 10.8. The third-order valence-corrected chi connectivity index (χ3v) is 8.91. The van der Waals surface area contributed by atoms with Crippen molar-refractivity contribution >= 4 is 15.7 Å². The number of piperidine rings is 1. The molecule has 5 nitrogen and oxygen atoms in total. The number of rotatable bonds is 6. The Kier molecular flexibility index (Phi) is 7.00. The second kappa shape index (κ2) is 10.1. The Morgan fingerprint density at radius 2 is 1.73 bits per heavy atom. The summed E-state index contributed by atoms with van der Waals surface area (Å²) in [5.74, 6) is 0.753. The molecule has 0 spiro atoms. The Labute approximate surface area is 215 Å². The number of aromatic nitrogens is 2. The van der Waals surface area contributed by atoms with Gasteiger partial charge in [-0.05, 0) is 67.3 Å². The summed E-state index contributed by atoms with van der Waals surface area (Å²) in [6.45, 7) is 3.77. The van der Waals surface area contributed by atoms with Gasteiger partial charge in [-0.15, -0.1) is 0 Å². The van der Waals surface area contributed by atoms with Crippen molar-refractivity contribution in [1.82, 2.24) is 9.97 Å². The summed E-state index contributed by atoms with van der Waals surface area (Å²) < 4.78 is 68.6. The highest BCUT2D eigenvalue weighted by Gasteiger charge is 2.36. The number of benzene rings is 1. The van der Waals surface area contributed by atoms with E-state index >= 15 is 0 Å². The van der Waals surface area contributed by atoms with Crippen molar-refractivity contribution in [3.05, 3.63) is 71.4 Å². The van der Waals surface area contributed by atoms with Crippen LogP contribution < -0.4 is 4.90 Å². The van der Waals surface area contributed by atoms with Gasteiger partial charge in [-0.1, -0.05) is 43.7 Å². The van der Waals surface area contributed by atoms with Crippen LogP contribution in [0.1, 0.15) is 61.8 Å². The van der Waals surface area contributed by atoms with Crippen LogP contribution in [0.5, 0.6) is 0 Å². The SMILES string of the molecule is CC1CCCN(c2cccc(S(=O)(=O)Cc3ccc(C(F)(F)F)c(-c4ccccc4C4CCC4)n3)n2)C1. The molecule has 9 heteroatoms. The molecule has 0 radical (unpaired) electrons. The van der Waals surface area contributed by atoms with E-state index in [-0.39, 0.29) is 22.3 Å². The van der Waals surface area contributed by atoms with E-state index < -0.39 is 27.3 Å². The molecule has 3 heterocycles. The number of alkyl halides is 3. The number of hydrogen-bond acceptors (Lipinski definition) is 5. The molecule has 1 aromatic carbocycles. The first-order valence-corrected chi connectivity index (χ1v) is 14.4. The molecule has 1 saturated carbocycles. The van der Waals surface area contributed by atoms with E-state index in [1.54, 1.807) is 24.3 Å². The maximum absolute atomic E-state index is 14.0. The van der Waals surface area contributed by atoms with E-state index in [2.05, 4.69) is 21.8 Å². The standard InChI is InChI=1S/C28H30F3N3O2S/c1-19-7-6-16-34(17-19)25-12-5-13-26(33-25)37(35,36)18-21-14-15-24(28(29,30)31)27(32-21)23-11-3-2-10-22(23)20-8-4-9-20/h2-3,5,10-15,19-20H,4,6-9,16-18H2,1H3. The van der Waals surface area contributed by atoms with Crippen molar-refractivity contribution in [1.29, 1.82) is 0 Å². The first kappa shape index (κ1) is 25.7. The highest BCUT2D eigenvalue weighted by atomic mass is 32.2. The fraction of sp³-hybridized carbons (Fsp3) is 0.429. The summed E-state index contributed by atoms with van der Waals surface area (Å²) >= 11 is 0. The smallest absolute Gasteiger partial charge is 0.356 e. The summed E-state index contributed by atoms with van der Waals surface area (Å²) in [7, 11) is -3.94. The number of anilines is 1. The molecule has 0 amide bonds. The molecule has 1 atom stereocenters. The normalized spacial score (nSPS) is 19.0. The monoisotopic (exact) mass is 529 g/mol. The number of hydrogen-bond donors (Lipinski definition) is 0. The maximum atomic E-state index is 14.0. The van der Waals surface area contributed by atoms with Gasteiger partial charge in [-0.25, -0.2) is 13.4 Å². The van der Waals surface area contributed by atoms with Crippen LogP contribution in [-0.2, 0) is 21.8 Å². The summed E-state index contributed by atoms with van der Waals surface area (Å²) in [6, 6.07) is 14.0. The minimum Gasteiger partial charge on any atom is -0.356 e. The first-order valence-electron chi connectivity index (χ1n) is 12.7. The molecule has 5 rings (SSSR count). The van der Waals surface area contributed by atoms with Gasteiger partial charge in [0.25, 0.3) is 0 Å². The zero-order chi connectivity index (χ0) is 26.2. The van der Waals surface area contributed by atoms with Crippen LogP contribution in [0.15, 0.2) is 59.6 Å². The predicted octanol–water partition coefficient (Wildman–Crippen LogP) is 6.64. The zero-order valence-electron chi connectivity index (χ0n) is 20.7. The Morgan fingerprint density at radius 3 is 2.43 bits per heavy atom. The third kappa shape index (κ3) is 5.51. The molecule has 1 aliphatic heterocycles. The van der Waals surface area contributed by atoms with E-state index in [0.717, 1.165) is 62.9 Å². The minimum absolute atomic E-state index is 0.0604. The van der Waals surface area contributed by atoms with Gasteiger partial charge in [0.2, 0.25) is 9.84 Å². The number of halogens is 3. The van der Waals surface area contributed by atoms with E-state index in [1.807, 2.05) is 12.1 Å². The van der Waals surface area contributed by atoms with E-state index in [0.29, 0.717) is 17.3 Å². The quantitative estimate of drug-likeness (QED) is 0.358. The van der Waals surface area contributed by atoms with Gasteiger partial charge in [0.1, 0.15) is 5.82 Å². The summed E-state index contributed by atoms with van der Waals surface area (Å²) in [5, 5.41) is -0.0960. The summed E-state index contributed by atoms with van der Waals surface area (Å²) in [6.07, 6.45) is 0.405. The molecule has 0 N–H and O–H groups in total. The molecule has 37 heavy (non-hydrogen) atoms. The lowest BCUT2D eigenvalue weighted by Gasteiger charge is -2.32. The molecule has 1 saturated heterocycles. The molecule has 196 valence electrons. The minimum atomic E-state index is -4.62. The Morgan fingerprint density at radius 1 is 0.946 bits per heavy atom. The van der Waals surface area contributed by atoms with Gasteiger partial charge in [0, 0.05) is 18.7 Å². The van der Waals surface area contributed by atoms with Crippen LogP contribution >= 0.6 is 0 Å². The molecule has 2 aliphatic rings. The van der Waals surface area contributed by atoms with Crippen LogP contribution in [0.4, 0.5) is 19.0 Å². The van der Waals surface area contributed by atoms with E-state index in [1.165, 1.54) is 6.07 Å². The van der Waals surface area contributed by atoms with Gasteiger partial charge in [-0.2, -0.15) is 13.2 Å². The molecular formula is C28H30F3N3O2S. The molecule has 0 bridgehead atoms. The van der Waals surface area contributed by atoms with Gasteiger partial charge in [0.15, 0.2) is 5.03 Å². The molecule has 3 aromatic rings. The fourth-order valence-corrected chi connectivity index (χ4v) is 6.44. The molecule has 1 unspecified atom stereocenters. The lowest BCUT2D eigenvalue weighted by Crippen LogP contribution is -2.35. The van der Waals surface area contributed by atoms with Crippen molar-refractivity contribution in [2.24, 2.45) is 5.92 Å². The fourth-order valence-electron chi connectivity index (χ4n) is 5.22. The van der Waals surface area contributed by atoms with Crippen molar-refractivity contribution < 1.29 is 21.6 Å². The van der Waals surface area contributed by atoms with Crippen LogP contribution in [0.2, 0.25) is 0 Å². The molecule has 1 aliphatic carbocycles. The lowest BCUT2D eigenvalue weighted by molar-refractivity contribution is -0.137. The zero-order valence-corrected chi connectivity index (χ0v) is 21.5. The molecular weight excluding hydrogens is 499 g/mol. The van der Waals surface area contributed by atoms with Gasteiger partial charge in [0.05, 0.1) is 22.7 Å². The van der Waals surface area contributed by atoms with Crippen LogP contribution in [0.3, 0.4) is 0 Å². The van der Waals surface area contributed by atoms with Crippen LogP contribution in [0, 0.1) is 5.92 Å². The Bertz CT molecular complexity index is 1390. The molecule has 2 fully saturated rings. The number of pyridine rings is 2. The van der Waals surface area contributed by atoms with E-state index in [4.69, 9.17) is 0 Å². The second-order valence-corrected chi connectivity index (χ2v) is 12.1. The topological polar surface area (TPSA) is 63.2 Å². The first-order chi connectivity index (χ1) is 17.6. The second-order valence-electron chi connectivity index (χ2n) is 10.2. The van der Waals surface area contributed by atoms with Gasteiger partial charge >= 0.3 is 6.18 Å². The van der Waals surface area contributed by atoms with Crippen molar-refractivity contribution in [2.45, 2.75) is 61.9 Å². The number of nitrogens with zero attached hydrogens (tertiary/aromatic N) is 3. The van der Waals surface area contributed by atoms with Crippen molar-refractivity contribution in [2.75, 3.05) is 18.0 Å². The van der Waals surface area contributed by atoms with Gasteiger partial charge in [-0.3, -0.25) is 4.98 Å². The maximum Gasteiger partial charge on any atom is 0.418 e. The van der Waals surface area contributed by atoms with E-state index in [9.17, 15) is 21.6 Å². The lowest BCUT2D eigenvalue weighted by atomic mass is 9.77. The van der Waals surface area contributed by atoms with Crippen LogP contribution in [0.25, 0.3) is 11.3 Å². The highest BCUT2D eigenvalue weighted by molar-refractivity contribution is 7.90. The highest BCUT2D eigenvalue weighted by Crippen LogP contribution is 2.44. The average Bonchev–Trinajstić information content (AvgIpc) is 2.82. The third-order valence-electron chi connectivity index (χ3n) is 7.37. The largest absolute Gasteiger partial charge is 0.418 e. The number of sulfone groups is 1.